The molecule has 4 rings (SSSR count). The third kappa shape index (κ3) is 4.09. The topological polar surface area (TPSA) is 96.6 Å². The molecule has 3 aromatic rings. The van der Waals surface area contributed by atoms with Gasteiger partial charge in [-0.3, -0.25) is 9.59 Å². The van der Waals surface area contributed by atoms with Crippen LogP contribution in [-0.2, 0) is 4.79 Å². The number of nitrogens with one attached hydrogen (secondary N) is 2. The molecule has 0 saturated carbocycles. The maximum Gasteiger partial charge on any atom is 0.261 e. The SMILES string of the molecule is Cc1cc(NC(=O)c2c(-c3ccccc3Cl)noc2C)ccc1C1=NNC(=O)CC1C. The number of aromatic nitrogens is 1. The van der Waals surface area contributed by atoms with Crippen LogP contribution in [0.4, 0.5) is 5.69 Å². The van der Waals surface area contributed by atoms with Gasteiger partial charge in [-0.25, -0.2) is 5.43 Å². The summed E-state index contributed by atoms with van der Waals surface area (Å²) in [5, 5.41) is 11.7. The van der Waals surface area contributed by atoms with Crippen LogP contribution in [0.2, 0.25) is 5.02 Å². The number of nitrogens with zero attached hydrogens (tertiary/aromatic N) is 2. The second kappa shape index (κ2) is 8.35. The molecule has 7 nitrogen and oxygen atoms in total. The summed E-state index contributed by atoms with van der Waals surface area (Å²) in [5.41, 5.74) is 7.23. The lowest BCUT2D eigenvalue weighted by Gasteiger charge is -2.21. The lowest BCUT2D eigenvalue weighted by Crippen LogP contribution is -2.32. The summed E-state index contributed by atoms with van der Waals surface area (Å²) in [6.45, 7) is 5.60. The first-order chi connectivity index (χ1) is 14.8. The largest absolute Gasteiger partial charge is 0.360 e. The smallest absolute Gasteiger partial charge is 0.261 e. The molecule has 158 valence electrons. The van der Waals surface area contributed by atoms with Gasteiger partial charge in [0.1, 0.15) is 17.0 Å². The first kappa shape index (κ1) is 20.8. The third-order valence-electron chi connectivity index (χ3n) is 5.24. The van der Waals surface area contributed by atoms with Gasteiger partial charge in [-0.1, -0.05) is 47.9 Å². The van der Waals surface area contributed by atoms with Crippen LogP contribution in [0.15, 0.2) is 52.1 Å². The normalized spacial score (nSPS) is 15.9. The number of hydrogen-bond donors (Lipinski definition) is 2. The predicted octanol–water partition coefficient (Wildman–Crippen LogP) is 4.72. The van der Waals surface area contributed by atoms with Gasteiger partial charge < -0.3 is 9.84 Å². The van der Waals surface area contributed by atoms with E-state index in [1.165, 1.54) is 0 Å². The van der Waals surface area contributed by atoms with E-state index in [2.05, 4.69) is 21.0 Å². The minimum absolute atomic E-state index is 0.0192. The van der Waals surface area contributed by atoms with E-state index < -0.39 is 0 Å². The van der Waals surface area contributed by atoms with Crippen molar-refractivity contribution >= 4 is 34.8 Å². The van der Waals surface area contributed by atoms with Crippen LogP contribution in [0.1, 0.15) is 40.6 Å². The highest BCUT2D eigenvalue weighted by Gasteiger charge is 2.25. The van der Waals surface area contributed by atoms with Crippen LogP contribution in [0.25, 0.3) is 11.3 Å². The molecule has 0 saturated heterocycles. The minimum atomic E-state index is -0.337. The number of benzene rings is 2. The van der Waals surface area contributed by atoms with Gasteiger partial charge in [-0.15, -0.1) is 0 Å². The van der Waals surface area contributed by atoms with E-state index in [1.54, 1.807) is 19.1 Å². The number of hydrazone groups is 1. The van der Waals surface area contributed by atoms with E-state index in [0.717, 1.165) is 16.8 Å². The molecule has 0 spiro atoms. The molecular formula is C23H21ClN4O3. The van der Waals surface area contributed by atoms with Crippen molar-refractivity contribution in [3.05, 3.63) is 69.9 Å². The second-order valence-electron chi connectivity index (χ2n) is 7.56. The summed E-state index contributed by atoms with van der Waals surface area (Å²) in [4.78, 5) is 24.6. The van der Waals surface area contributed by atoms with Crippen molar-refractivity contribution in [1.29, 1.82) is 0 Å². The van der Waals surface area contributed by atoms with Gasteiger partial charge in [-0.05, 0) is 37.6 Å². The lowest BCUT2D eigenvalue weighted by molar-refractivity contribution is -0.121. The molecule has 0 fully saturated rings. The summed E-state index contributed by atoms with van der Waals surface area (Å²) in [7, 11) is 0. The molecular weight excluding hydrogens is 416 g/mol. The summed E-state index contributed by atoms with van der Waals surface area (Å²) in [6.07, 6.45) is 0.397. The van der Waals surface area contributed by atoms with Crippen molar-refractivity contribution in [3.63, 3.8) is 0 Å². The van der Waals surface area contributed by atoms with Crippen molar-refractivity contribution in [1.82, 2.24) is 10.6 Å². The molecule has 0 radical (unpaired) electrons. The Hall–Kier alpha value is -3.45. The summed E-state index contributed by atoms with van der Waals surface area (Å²) in [6, 6.07) is 12.7. The van der Waals surface area contributed by atoms with E-state index in [1.807, 2.05) is 44.2 Å². The average molecular weight is 437 g/mol. The molecule has 0 aliphatic carbocycles. The monoisotopic (exact) mass is 436 g/mol. The number of amides is 2. The van der Waals surface area contributed by atoms with Gasteiger partial charge in [0.2, 0.25) is 5.91 Å². The number of hydrogen-bond acceptors (Lipinski definition) is 5. The van der Waals surface area contributed by atoms with Crippen LogP contribution < -0.4 is 10.7 Å². The van der Waals surface area contributed by atoms with E-state index in [4.69, 9.17) is 16.1 Å². The Morgan fingerprint density at radius 2 is 1.97 bits per heavy atom. The Morgan fingerprint density at radius 3 is 2.68 bits per heavy atom. The Kier molecular flexibility index (Phi) is 5.61. The molecule has 1 aromatic heterocycles. The Labute approximate surface area is 184 Å². The highest BCUT2D eigenvalue weighted by Crippen LogP contribution is 2.31. The minimum Gasteiger partial charge on any atom is -0.360 e. The Morgan fingerprint density at radius 1 is 1.19 bits per heavy atom. The van der Waals surface area contributed by atoms with Gasteiger partial charge >= 0.3 is 0 Å². The number of carbonyl (C=O) groups excluding carboxylic acids is 2. The lowest BCUT2D eigenvalue weighted by atomic mass is 9.91. The molecule has 31 heavy (non-hydrogen) atoms. The van der Waals surface area contributed by atoms with Gasteiger partial charge in [-0.2, -0.15) is 5.10 Å². The Bertz CT molecular complexity index is 1220. The molecule has 2 heterocycles. The molecule has 1 aliphatic heterocycles. The number of rotatable bonds is 4. The molecule has 0 bridgehead atoms. The number of halogens is 1. The second-order valence-corrected chi connectivity index (χ2v) is 7.97. The highest BCUT2D eigenvalue weighted by atomic mass is 35.5. The summed E-state index contributed by atoms with van der Waals surface area (Å²) < 4.78 is 5.29. The zero-order valence-corrected chi connectivity index (χ0v) is 18.1. The molecule has 1 aliphatic rings. The van der Waals surface area contributed by atoms with Gasteiger partial charge in [0.15, 0.2) is 0 Å². The van der Waals surface area contributed by atoms with Gasteiger partial charge in [0.25, 0.3) is 5.91 Å². The van der Waals surface area contributed by atoms with Crippen LogP contribution in [0, 0.1) is 19.8 Å². The zero-order valence-electron chi connectivity index (χ0n) is 17.3. The maximum absolute atomic E-state index is 13.1. The van der Waals surface area contributed by atoms with Crippen molar-refractivity contribution in [2.75, 3.05) is 5.32 Å². The first-order valence-corrected chi connectivity index (χ1v) is 10.2. The zero-order chi connectivity index (χ0) is 22.1. The number of anilines is 1. The fraction of sp³-hybridized carbons (Fsp3) is 0.217. The standard InChI is InChI=1S/C23H21ClN4O3/c1-12-10-15(8-9-16(12)21-13(2)11-19(29)26-27-21)25-23(30)20-14(3)31-28-22(20)17-6-4-5-7-18(17)24/h4-10,13H,11H2,1-3H3,(H,25,30)(H,26,29). The van der Waals surface area contributed by atoms with Crippen molar-refractivity contribution in [2.24, 2.45) is 11.0 Å². The van der Waals surface area contributed by atoms with Gasteiger partial charge in [0.05, 0.1) is 10.7 Å². The van der Waals surface area contributed by atoms with E-state index >= 15 is 0 Å². The molecule has 2 amide bonds. The van der Waals surface area contributed by atoms with Crippen molar-refractivity contribution in [2.45, 2.75) is 27.2 Å². The quantitative estimate of drug-likeness (QED) is 0.618. The highest BCUT2D eigenvalue weighted by molar-refractivity contribution is 6.33. The first-order valence-electron chi connectivity index (χ1n) is 9.85. The summed E-state index contributed by atoms with van der Waals surface area (Å²) in [5.74, 6) is 0.000253. The third-order valence-corrected chi connectivity index (χ3v) is 5.57. The van der Waals surface area contributed by atoms with Crippen molar-refractivity contribution in [3.8, 4) is 11.3 Å². The van der Waals surface area contributed by atoms with E-state index in [9.17, 15) is 9.59 Å². The van der Waals surface area contributed by atoms with Gasteiger partial charge in [0, 0.05) is 29.2 Å². The van der Waals surface area contributed by atoms with E-state index in [-0.39, 0.29) is 17.7 Å². The van der Waals surface area contributed by atoms with Crippen LogP contribution in [0.3, 0.4) is 0 Å². The Balaban J connectivity index is 1.61. The summed E-state index contributed by atoms with van der Waals surface area (Å²) >= 11 is 6.29. The molecule has 2 aromatic carbocycles. The van der Waals surface area contributed by atoms with Crippen LogP contribution in [-0.4, -0.2) is 22.7 Å². The average Bonchev–Trinajstić information content (AvgIpc) is 3.10. The molecule has 8 heteroatoms. The van der Waals surface area contributed by atoms with Crippen LogP contribution in [0.5, 0.6) is 0 Å². The fourth-order valence-corrected chi connectivity index (χ4v) is 3.90. The molecule has 2 N–H and O–H groups in total. The fourth-order valence-electron chi connectivity index (χ4n) is 3.68. The molecule has 1 atom stereocenters. The molecule has 1 unspecified atom stereocenters. The van der Waals surface area contributed by atoms with E-state index in [0.29, 0.717) is 39.7 Å². The van der Waals surface area contributed by atoms with Crippen LogP contribution >= 0.6 is 11.6 Å². The number of aryl methyl sites for hydroxylation is 2. The maximum atomic E-state index is 13.1. The predicted molar refractivity (Wildman–Crippen MR) is 119 cm³/mol. The van der Waals surface area contributed by atoms with Crippen molar-refractivity contribution < 1.29 is 14.1 Å². The number of carbonyl (C=O) groups is 2.